The Labute approximate surface area is 187 Å². The number of nitrogens with one attached hydrogen (secondary N) is 1. The minimum atomic E-state index is -0.766. The number of aliphatic hydroxyl groups excluding tert-OH is 1. The fourth-order valence-corrected chi connectivity index (χ4v) is 3.43. The van der Waals surface area contributed by atoms with Crippen LogP contribution >= 0.6 is 0 Å². The highest BCUT2D eigenvalue weighted by Crippen LogP contribution is 2.31. The number of carbonyl (C=O) groups excluding carboxylic acids is 1. The van der Waals surface area contributed by atoms with E-state index in [1.54, 1.807) is 14.2 Å². The average Bonchev–Trinajstić information content (AvgIpc) is 2.74. The van der Waals surface area contributed by atoms with E-state index < -0.39 is 12.1 Å². The Kier molecular flexibility index (Phi) is 13.2. The number of ether oxygens (including phenoxy) is 3. The summed E-state index contributed by atoms with van der Waals surface area (Å²) in [6.07, 6.45) is 2.77. The van der Waals surface area contributed by atoms with Gasteiger partial charge < -0.3 is 30.4 Å². The van der Waals surface area contributed by atoms with Crippen molar-refractivity contribution in [3.05, 3.63) is 23.8 Å². The minimum Gasteiger partial charge on any atom is -0.493 e. The van der Waals surface area contributed by atoms with Crippen LogP contribution in [0.25, 0.3) is 0 Å². The van der Waals surface area contributed by atoms with Crippen LogP contribution in [-0.2, 0) is 16.0 Å². The Morgan fingerprint density at radius 3 is 2.55 bits per heavy atom. The van der Waals surface area contributed by atoms with Crippen molar-refractivity contribution in [1.29, 1.82) is 0 Å². The van der Waals surface area contributed by atoms with Crippen LogP contribution in [0, 0.1) is 11.8 Å². The van der Waals surface area contributed by atoms with Crippen LogP contribution in [0.15, 0.2) is 18.2 Å². The topological polar surface area (TPSA) is 103 Å². The van der Waals surface area contributed by atoms with Crippen molar-refractivity contribution in [3.8, 4) is 11.5 Å². The van der Waals surface area contributed by atoms with E-state index in [0.29, 0.717) is 37.7 Å². The molecular formula is C24H42N2O5. The number of carbonyl (C=O) groups is 1. The first-order chi connectivity index (χ1) is 14.8. The molecule has 0 aliphatic heterocycles. The molecule has 4 N–H and O–H groups in total. The molecule has 1 amide bonds. The van der Waals surface area contributed by atoms with E-state index >= 15 is 0 Å². The van der Waals surface area contributed by atoms with E-state index in [-0.39, 0.29) is 18.4 Å². The quantitative estimate of drug-likeness (QED) is 0.343. The number of methoxy groups -OCH3 is 2. The zero-order chi connectivity index (χ0) is 23.2. The van der Waals surface area contributed by atoms with Crippen molar-refractivity contribution < 1.29 is 24.1 Å². The van der Waals surface area contributed by atoms with Gasteiger partial charge in [0, 0.05) is 39.1 Å². The summed E-state index contributed by atoms with van der Waals surface area (Å²) in [5.41, 5.74) is 7.42. The molecule has 0 aromatic heterocycles. The van der Waals surface area contributed by atoms with Gasteiger partial charge in [-0.05, 0) is 48.8 Å². The molecule has 1 rings (SSSR count). The van der Waals surface area contributed by atoms with Crippen LogP contribution in [0.5, 0.6) is 11.5 Å². The van der Waals surface area contributed by atoms with Crippen molar-refractivity contribution in [3.63, 3.8) is 0 Å². The van der Waals surface area contributed by atoms with Crippen LogP contribution < -0.4 is 20.5 Å². The van der Waals surface area contributed by atoms with E-state index in [1.165, 1.54) is 0 Å². The normalized spacial score (nSPS) is 14.2. The molecule has 31 heavy (non-hydrogen) atoms. The molecule has 0 saturated heterocycles. The van der Waals surface area contributed by atoms with E-state index in [9.17, 15) is 9.90 Å². The Hall–Kier alpha value is -1.83. The Bertz CT molecular complexity index is 638. The number of rotatable bonds is 16. The summed E-state index contributed by atoms with van der Waals surface area (Å²) in [7, 11) is 3.31. The van der Waals surface area contributed by atoms with Crippen LogP contribution in [-0.4, -0.2) is 57.1 Å². The number of aliphatic hydroxyl groups is 1. The number of hydrogen-bond acceptors (Lipinski definition) is 6. The van der Waals surface area contributed by atoms with Gasteiger partial charge in [0.1, 0.15) is 0 Å². The highest BCUT2D eigenvalue weighted by molar-refractivity contribution is 5.75. The van der Waals surface area contributed by atoms with E-state index in [4.69, 9.17) is 19.9 Å². The van der Waals surface area contributed by atoms with Gasteiger partial charge in [-0.2, -0.15) is 0 Å². The lowest BCUT2D eigenvalue weighted by molar-refractivity contribution is -0.121. The van der Waals surface area contributed by atoms with E-state index in [1.807, 2.05) is 25.1 Å². The highest BCUT2D eigenvalue weighted by Gasteiger charge is 2.23. The summed E-state index contributed by atoms with van der Waals surface area (Å²) in [5.74, 6) is 2.05. The fraction of sp³-hybridized carbons (Fsp3) is 0.708. The van der Waals surface area contributed by atoms with Crippen molar-refractivity contribution in [2.45, 2.75) is 65.0 Å². The lowest BCUT2D eigenvalue weighted by atomic mass is 9.83. The van der Waals surface area contributed by atoms with Crippen molar-refractivity contribution >= 4 is 5.91 Å². The molecule has 0 heterocycles. The van der Waals surface area contributed by atoms with Gasteiger partial charge in [0.2, 0.25) is 5.91 Å². The zero-order valence-corrected chi connectivity index (χ0v) is 19.9. The van der Waals surface area contributed by atoms with E-state index in [0.717, 1.165) is 30.6 Å². The van der Waals surface area contributed by atoms with Crippen LogP contribution in [0.3, 0.4) is 0 Å². The molecule has 0 bridgehead atoms. The zero-order valence-electron chi connectivity index (χ0n) is 19.9. The first-order valence-corrected chi connectivity index (χ1v) is 11.3. The lowest BCUT2D eigenvalue weighted by Crippen LogP contribution is -2.44. The van der Waals surface area contributed by atoms with Gasteiger partial charge in [-0.15, -0.1) is 0 Å². The fourth-order valence-electron chi connectivity index (χ4n) is 3.43. The van der Waals surface area contributed by atoms with Gasteiger partial charge in [-0.25, -0.2) is 0 Å². The van der Waals surface area contributed by atoms with Gasteiger partial charge >= 0.3 is 0 Å². The molecule has 3 atom stereocenters. The maximum Gasteiger partial charge on any atom is 0.220 e. The van der Waals surface area contributed by atoms with Gasteiger partial charge in [-0.3, -0.25) is 4.79 Å². The molecule has 7 heteroatoms. The largest absolute Gasteiger partial charge is 0.493 e. The number of benzene rings is 1. The molecule has 0 unspecified atom stereocenters. The van der Waals surface area contributed by atoms with Gasteiger partial charge in [0.25, 0.3) is 0 Å². The summed E-state index contributed by atoms with van der Waals surface area (Å²) < 4.78 is 16.4. The second kappa shape index (κ2) is 15.1. The number of amides is 1. The molecule has 0 saturated carbocycles. The second-order valence-electron chi connectivity index (χ2n) is 8.41. The molecule has 0 aliphatic rings. The van der Waals surface area contributed by atoms with Crippen LogP contribution in [0.2, 0.25) is 0 Å². The maximum atomic E-state index is 11.6. The summed E-state index contributed by atoms with van der Waals surface area (Å²) >= 11 is 0. The second-order valence-corrected chi connectivity index (χ2v) is 8.41. The highest BCUT2D eigenvalue weighted by atomic mass is 16.5. The Morgan fingerprint density at radius 2 is 1.94 bits per heavy atom. The predicted octanol–water partition coefficient (Wildman–Crippen LogP) is 2.92. The molecule has 0 radical (unpaired) electrons. The first-order valence-electron chi connectivity index (χ1n) is 11.3. The third-order valence-electron chi connectivity index (χ3n) is 5.47. The first kappa shape index (κ1) is 27.2. The Morgan fingerprint density at radius 1 is 1.19 bits per heavy atom. The standard InChI is InChI=1S/C24H42N2O5/c1-6-8-24(28)26-16-21(27)20(25)15-19(17(2)3)13-18-9-10-22(30-5)23(14-18)31-12-7-11-29-4/h9-10,14,17,19-21,27H,6-8,11-13,15-16,25H2,1-5H3,(H,26,28)/t19-,20-,21-/m0/s1. The summed E-state index contributed by atoms with van der Waals surface area (Å²) in [4.78, 5) is 11.6. The molecule has 178 valence electrons. The van der Waals surface area contributed by atoms with Crippen LogP contribution in [0.4, 0.5) is 0 Å². The summed E-state index contributed by atoms with van der Waals surface area (Å²) in [6, 6.07) is 5.59. The van der Waals surface area contributed by atoms with Gasteiger partial charge in [0.05, 0.1) is 19.8 Å². The summed E-state index contributed by atoms with van der Waals surface area (Å²) in [6.45, 7) is 7.67. The van der Waals surface area contributed by atoms with Gasteiger partial charge in [0.15, 0.2) is 11.5 Å². The van der Waals surface area contributed by atoms with Gasteiger partial charge in [-0.1, -0.05) is 26.8 Å². The summed E-state index contributed by atoms with van der Waals surface area (Å²) in [5, 5.41) is 13.2. The molecule has 0 aliphatic carbocycles. The molecule has 0 fully saturated rings. The third-order valence-corrected chi connectivity index (χ3v) is 5.47. The predicted molar refractivity (Wildman–Crippen MR) is 124 cm³/mol. The number of nitrogens with two attached hydrogens (primary N) is 1. The SMILES string of the molecule is CCCC(=O)NC[C@H](O)[C@@H](N)C[C@H](Cc1ccc(OC)c(OCCCOC)c1)C(C)C. The lowest BCUT2D eigenvalue weighted by Gasteiger charge is -2.27. The molecule has 1 aromatic rings. The van der Waals surface area contributed by atoms with Crippen molar-refractivity contribution in [2.75, 3.05) is 34.0 Å². The Balaban J connectivity index is 2.73. The molecule has 0 spiro atoms. The molecular weight excluding hydrogens is 396 g/mol. The number of hydrogen-bond donors (Lipinski definition) is 3. The average molecular weight is 439 g/mol. The molecule has 7 nitrogen and oxygen atoms in total. The maximum absolute atomic E-state index is 11.6. The van der Waals surface area contributed by atoms with Crippen molar-refractivity contribution in [2.24, 2.45) is 17.6 Å². The molecule has 1 aromatic carbocycles. The monoisotopic (exact) mass is 438 g/mol. The van der Waals surface area contributed by atoms with E-state index in [2.05, 4.69) is 19.2 Å². The third kappa shape index (κ3) is 10.4. The smallest absolute Gasteiger partial charge is 0.220 e. The van der Waals surface area contributed by atoms with Crippen LogP contribution in [0.1, 0.15) is 52.0 Å². The minimum absolute atomic E-state index is 0.0505. The van der Waals surface area contributed by atoms with Crippen molar-refractivity contribution in [1.82, 2.24) is 5.32 Å².